The Morgan fingerprint density at radius 1 is 1.50 bits per heavy atom. The molecule has 0 aliphatic heterocycles. The van der Waals surface area contributed by atoms with Crippen molar-refractivity contribution < 1.29 is 9.53 Å². The molecule has 2 aromatic rings. The van der Waals surface area contributed by atoms with Crippen molar-refractivity contribution in [2.24, 2.45) is 7.05 Å². The molecule has 0 fully saturated rings. The van der Waals surface area contributed by atoms with Crippen molar-refractivity contribution in [1.29, 1.82) is 0 Å². The minimum absolute atomic E-state index is 0.0408. The van der Waals surface area contributed by atoms with Crippen molar-refractivity contribution in [1.82, 2.24) is 19.7 Å². The van der Waals surface area contributed by atoms with E-state index in [2.05, 4.69) is 31.0 Å². The van der Waals surface area contributed by atoms with Crippen LogP contribution in [0.15, 0.2) is 22.8 Å². The van der Waals surface area contributed by atoms with Gasteiger partial charge in [-0.05, 0) is 35.0 Å². The topological polar surface area (TPSA) is 69.9 Å². The number of rotatable bonds is 3. The monoisotopic (exact) mass is 310 g/mol. The Morgan fingerprint density at radius 3 is 2.89 bits per heavy atom. The minimum atomic E-state index is -0.531. The number of hydrogen-bond donors (Lipinski definition) is 0. The lowest BCUT2D eigenvalue weighted by Crippen LogP contribution is -2.07. The van der Waals surface area contributed by atoms with Crippen LogP contribution in [-0.4, -0.2) is 32.3 Å². The minimum Gasteiger partial charge on any atom is -0.460 e. The van der Waals surface area contributed by atoms with Crippen molar-refractivity contribution in [3.8, 4) is 11.5 Å². The maximum atomic E-state index is 11.5. The molecule has 18 heavy (non-hydrogen) atoms. The van der Waals surface area contributed by atoms with Crippen molar-refractivity contribution in [3.63, 3.8) is 0 Å². The van der Waals surface area contributed by atoms with Crippen LogP contribution >= 0.6 is 15.9 Å². The summed E-state index contributed by atoms with van der Waals surface area (Å²) in [6.07, 6.45) is 1.66. The lowest BCUT2D eigenvalue weighted by Gasteiger charge is -1.98. The molecule has 0 aromatic carbocycles. The van der Waals surface area contributed by atoms with Crippen LogP contribution in [0.2, 0.25) is 0 Å². The molecule has 0 aliphatic rings. The maximum Gasteiger partial charge on any atom is 0.378 e. The molecule has 6 nitrogen and oxygen atoms in total. The molecule has 0 atom stereocenters. The summed E-state index contributed by atoms with van der Waals surface area (Å²) < 4.78 is 7.22. The van der Waals surface area contributed by atoms with E-state index in [1.54, 1.807) is 26.2 Å². The van der Waals surface area contributed by atoms with E-state index in [-0.39, 0.29) is 5.82 Å². The summed E-state index contributed by atoms with van der Waals surface area (Å²) in [6.45, 7) is 2.03. The normalized spacial score (nSPS) is 10.4. The highest BCUT2D eigenvalue weighted by molar-refractivity contribution is 9.10. The predicted octanol–water partition coefficient (Wildman–Crippen LogP) is 1.82. The Hall–Kier alpha value is -1.76. The summed E-state index contributed by atoms with van der Waals surface area (Å²) in [5.74, 6) is 0.0288. The summed E-state index contributed by atoms with van der Waals surface area (Å²) >= 11 is 3.31. The van der Waals surface area contributed by atoms with Gasteiger partial charge in [0.25, 0.3) is 5.82 Å². The second-order valence-corrected chi connectivity index (χ2v) is 4.38. The second-order valence-electron chi connectivity index (χ2n) is 3.46. The Labute approximate surface area is 112 Å². The van der Waals surface area contributed by atoms with Crippen LogP contribution in [0.1, 0.15) is 17.5 Å². The third kappa shape index (κ3) is 2.56. The highest BCUT2D eigenvalue weighted by Gasteiger charge is 2.17. The number of nitrogens with zero attached hydrogens (tertiary/aromatic N) is 4. The average molecular weight is 311 g/mol. The van der Waals surface area contributed by atoms with Crippen molar-refractivity contribution in [2.45, 2.75) is 6.92 Å². The zero-order chi connectivity index (χ0) is 13.1. The number of aryl methyl sites for hydroxylation is 1. The van der Waals surface area contributed by atoms with Crippen LogP contribution in [0.25, 0.3) is 11.5 Å². The van der Waals surface area contributed by atoms with Crippen LogP contribution in [0, 0.1) is 0 Å². The average Bonchev–Trinajstić information content (AvgIpc) is 2.73. The standard InChI is InChI=1S/C11H11BrN4O2/c1-3-18-11(17)9-14-10(16(2)15-9)8-5-4-7(12)6-13-8/h4-6H,3H2,1-2H3. The zero-order valence-electron chi connectivity index (χ0n) is 9.92. The number of pyridine rings is 1. The molecule has 0 saturated carbocycles. The van der Waals surface area contributed by atoms with Gasteiger partial charge in [0, 0.05) is 17.7 Å². The highest BCUT2D eigenvalue weighted by Crippen LogP contribution is 2.16. The van der Waals surface area contributed by atoms with E-state index in [0.717, 1.165) is 4.47 Å². The maximum absolute atomic E-state index is 11.5. The molecule has 0 bridgehead atoms. The van der Waals surface area contributed by atoms with Crippen molar-refractivity contribution in [3.05, 3.63) is 28.6 Å². The van der Waals surface area contributed by atoms with E-state index in [1.807, 2.05) is 6.07 Å². The number of ether oxygens (including phenoxy) is 1. The number of esters is 1. The van der Waals surface area contributed by atoms with Crippen LogP contribution < -0.4 is 0 Å². The van der Waals surface area contributed by atoms with Crippen LogP contribution in [0.3, 0.4) is 0 Å². The Kier molecular flexibility index (Phi) is 3.71. The molecular formula is C11H11BrN4O2. The lowest BCUT2D eigenvalue weighted by atomic mass is 10.3. The van der Waals surface area contributed by atoms with Gasteiger partial charge in [-0.25, -0.2) is 9.48 Å². The third-order valence-corrected chi connectivity index (χ3v) is 2.65. The van der Waals surface area contributed by atoms with Crippen LogP contribution in [-0.2, 0) is 11.8 Å². The van der Waals surface area contributed by atoms with Gasteiger partial charge in [-0.3, -0.25) is 4.98 Å². The molecule has 0 saturated heterocycles. The molecule has 2 aromatic heterocycles. The quantitative estimate of drug-likeness (QED) is 0.809. The van der Waals surface area contributed by atoms with E-state index < -0.39 is 5.97 Å². The first-order chi connectivity index (χ1) is 8.61. The van der Waals surface area contributed by atoms with Gasteiger partial charge < -0.3 is 4.74 Å². The summed E-state index contributed by atoms with van der Waals surface area (Å²) in [5.41, 5.74) is 0.642. The highest BCUT2D eigenvalue weighted by atomic mass is 79.9. The zero-order valence-corrected chi connectivity index (χ0v) is 11.5. The van der Waals surface area contributed by atoms with Gasteiger partial charge in [0.05, 0.1) is 6.61 Å². The second kappa shape index (κ2) is 5.26. The van der Waals surface area contributed by atoms with E-state index >= 15 is 0 Å². The first-order valence-corrected chi connectivity index (χ1v) is 6.11. The molecule has 0 radical (unpaired) electrons. The Bertz CT molecular complexity index is 565. The van der Waals surface area contributed by atoms with Gasteiger partial charge in [-0.15, -0.1) is 5.10 Å². The summed E-state index contributed by atoms with van der Waals surface area (Å²) in [7, 11) is 1.70. The number of hydrogen-bond acceptors (Lipinski definition) is 5. The van der Waals surface area contributed by atoms with Gasteiger partial charge in [-0.2, -0.15) is 4.98 Å². The van der Waals surface area contributed by atoms with E-state index in [4.69, 9.17) is 4.74 Å². The molecule has 2 heterocycles. The number of aromatic nitrogens is 4. The first-order valence-electron chi connectivity index (χ1n) is 5.32. The van der Waals surface area contributed by atoms with Crippen LogP contribution in [0.4, 0.5) is 0 Å². The molecule has 0 unspecified atom stereocenters. The van der Waals surface area contributed by atoms with Gasteiger partial charge >= 0.3 is 5.97 Å². The molecule has 0 N–H and O–H groups in total. The number of carbonyl (C=O) groups is 1. The fraction of sp³-hybridized carbons (Fsp3) is 0.273. The molecule has 7 heteroatoms. The first kappa shape index (κ1) is 12.7. The van der Waals surface area contributed by atoms with Gasteiger partial charge in [0.2, 0.25) is 0 Å². The smallest absolute Gasteiger partial charge is 0.378 e. The third-order valence-electron chi connectivity index (χ3n) is 2.18. The fourth-order valence-electron chi connectivity index (χ4n) is 1.40. The largest absolute Gasteiger partial charge is 0.460 e. The molecule has 0 aliphatic carbocycles. The van der Waals surface area contributed by atoms with Gasteiger partial charge in [-0.1, -0.05) is 0 Å². The van der Waals surface area contributed by atoms with Crippen molar-refractivity contribution >= 4 is 21.9 Å². The molecule has 0 spiro atoms. The SMILES string of the molecule is CCOC(=O)c1nc(-c2ccc(Br)cn2)n(C)n1. The fourth-order valence-corrected chi connectivity index (χ4v) is 1.63. The molecule has 94 valence electrons. The van der Waals surface area contributed by atoms with Gasteiger partial charge in [0.15, 0.2) is 5.82 Å². The molecule has 0 amide bonds. The van der Waals surface area contributed by atoms with Crippen LogP contribution in [0.5, 0.6) is 0 Å². The number of carbonyl (C=O) groups excluding carboxylic acids is 1. The van der Waals surface area contributed by atoms with Gasteiger partial charge in [0.1, 0.15) is 5.69 Å². The van der Waals surface area contributed by atoms with E-state index in [0.29, 0.717) is 18.1 Å². The predicted molar refractivity (Wildman–Crippen MR) is 67.9 cm³/mol. The summed E-state index contributed by atoms with van der Waals surface area (Å²) in [5, 5.41) is 4.01. The lowest BCUT2D eigenvalue weighted by molar-refractivity contribution is 0.0512. The molecule has 2 rings (SSSR count). The Morgan fingerprint density at radius 2 is 2.28 bits per heavy atom. The molecular weight excluding hydrogens is 300 g/mol. The number of halogens is 1. The van der Waals surface area contributed by atoms with E-state index in [9.17, 15) is 4.79 Å². The summed E-state index contributed by atoms with van der Waals surface area (Å²) in [4.78, 5) is 19.8. The van der Waals surface area contributed by atoms with E-state index in [1.165, 1.54) is 4.68 Å². The van der Waals surface area contributed by atoms with Crippen molar-refractivity contribution in [2.75, 3.05) is 6.61 Å². The Balaban J connectivity index is 2.34. The summed E-state index contributed by atoms with van der Waals surface area (Å²) in [6, 6.07) is 3.64.